The van der Waals surface area contributed by atoms with Gasteiger partial charge in [-0.2, -0.15) is 0 Å². The van der Waals surface area contributed by atoms with Gasteiger partial charge in [-0.1, -0.05) is 17.7 Å². The third-order valence-corrected chi connectivity index (χ3v) is 4.96. The van der Waals surface area contributed by atoms with Crippen LogP contribution in [0.1, 0.15) is 38.2 Å². The molecule has 1 saturated carbocycles. The zero-order chi connectivity index (χ0) is 14.8. The van der Waals surface area contributed by atoms with Crippen LogP contribution in [0.25, 0.3) is 0 Å². The molecule has 1 fully saturated rings. The van der Waals surface area contributed by atoms with Crippen molar-refractivity contribution in [2.24, 2.45) is 0 Å². The number of likely N-dealkylation sites (N-methyl/N-ethyl adjacent to an activating group) is 1. The maximum Gasteiger partial charge on any atom is 0.282 e. The van der Waals surface area contributed by atoms with Crippen LogP contribution in [0.15, 0.2) is 24.3 Å². The Morgan fingerprint density at radius 3 is 2.30 bits per heavy atom. The number of hydrogen-bond acceptors (Lipinski definition) is 1. The predicted molar refractivity (Wildman–Crippen MR) is 83.6 cm³/mol. The molecule has 1 atom stereocenters. The molecule has 0 spiro atoms. The van der Waals surface area contributed by atoms with E-state index in [1.807, 2.05) is 38.1 Å². The van der Waals surface area contributed by atoms with Crippen LogP contribution in [0.4, 0.5) is 5.69 Å². The minimum absolute atomic E-state index is 0.0283. The number of carbonyl (C=O) groups excluding carboxylic acids is 1. The summed E-state index contributed by atoms with van der Waals surface area (Å²) in [7, 11) is 4.38. The molecule has 1 aliphatic rings. The van der Waals surface area contributed by atoms with Gasteiger partial charge in [-0.25, -0.2) is 0 Å². The maximum atomic E-state index is 12.5. The number of carbonyl (C=O) groups is 1. The van der Waals surface area contributed by atoms with Gasteiger partial charge in [0.05, 0.1) is 20.1 Å². The second kappa shape index (κ2) is 5.96. The van der Waals surface area contributed by atoms with E-state index >= 15 is 0 Å². The van der Waals surface area contributed by atoms with Gasteiger partial charge in [-0.05, 0) is 51.7 Å². The quantitative estimate of drug-likeness (QED) is 0.839. The summed E-state index contributed by atoms with van der Waals surface area (Å²) in [5, 5.41) is 3.04. The first-order valence-corrected chi connectivity index (χ1v) is 7.62. The lowest BCUT2D eigenvalue weighted by atomic mass is 10.1. The maximum absolute atomic E-state index is 12.5. The molecular weight excluding hydrogens is 248 g/mol. The molecule has 110 valence electrons. The van der Waals surface area contributed by atoms with Crippen LogP contribution in [0.5, 0.6) is 0 Å². The Bertz CT molecular complexity index is 458. The summed E-state index contributed by atoms with van der Waals surface area (Å²) in [5.41, 5.74) is 2.09. The monoisotopic (exact) mass is 275 g/mol. The van der Waals surface area contributed by atoms with Crippen LogP contribution in [-0.4, -0.2) is 36.6 Å². The van der Waals surface area contributed by atoms with Gasteiger partial charge in [-0.3, -0.25) is 4.79 Å². The number of nitrogens with zero attached hydrogens (tertiary/aromatic N) is 1. The number of aryl methyl sites for hydroxylation is 1. The molecule has 3 nitrogen and oxygen atoms in total. The van der Waals surface area contributed by atoms with Crippen molar-refractivity contribution < 1.29 is 9.28 Å². The molecule has 0 heterocycles. The van der Waals surface area contributed by atoms with Gasteiger partial charge in [0.2, 0.25) is 0 Å². The molecule has 0 saturated heterocycles. The smallest absolute Gasteiger partial charge is 0.282 e. The van der Waals surface area contributed by atoms with Gasteiger partial charge in [0, 0.05) is 5.69 Å². The van der Waals surface area contributed by atoms with Crippen molar-refractivity contribution in [3.63, 3.8) is 0 Å². The molecule has 1 amide bonds. The number of rotatable bonds is 4. The van der Waals surface area contributed by atoms with Crippen molar-refractivity contribution in [3.05, 3.63) is 29.8 Å². The van der Waals surface area contributed by atoms with Crippen LogP contribution < -0.4 is 5.32 Å². The van der Waals surface area contributed by atoms with E-state index in [1.165, 1.54) is 31.2 Å². The Labute approximate surface area is 122 Å². The first-order valence-electron chi connectivity index (χ1n) is 7.62. The third kappa shape index (κ3) is 3.21. The molecule has 1 aromatic carbocycles. The van der Waals surface area contributed by atoms with Crippen LogP contribution >= 0.6 is 0 Å². The minimum atomic E-state index is -0.0283. The van der Waals surface area contributed by atoms with E-state index in [1.54, 1.807) is 0 Å². The predicted octanol–water partition coefficient (Wildman–Crippen LogP) is 3.34. The summed E-state index contributed by atoms with van der Waals surface area (Å²) < 4.78 is 0.789. The standard InChI is InChI=1S/C17H26N2O/c1-13-9-11-15(12-10-13)18-17(20)14(2)19(3,4)16-7-5-6-8-16/h9-12,14,16H,5-8H2,1-4H3/p+1/t14-/m1/s1. The molecule has 0 bridgehead atoms. The number of benzene rings is 1. The zero-order valence-corrected chi connectivity index (χ0v) is 13.1. The Morgan fingerprint density at radius 2 is 1.75 bits per heavy atom. The molecule has 0 unspecified atom stereocenters. The van der Waals surface area contributed by atoms with E-state index < -0.39 is 0 Å². The first-order chi connectivity index (χ1) is 9.41. The normalized spacial score (nSPS) is 18.0. The van der Waals surface area contributed by atoms with E-state index in [2.05, 4.69) is 19.4 Å². The molecule has 0 aliphatic heterocycles. The summed E-state index contributed by atoms with van der Waals surface area (Å²) in [5.74, 6) is 0.116. The number of quaternary nitrogens is 1. The van der Waals surface area contributed by atoms with Gasteiger partial charge in [0.1, 0.15) is 0 Å². The molecule has 1 aromatic rings. The Balaban J connectivity index is 2.02. The molecule has 0 aromatic heterocycles. The van der Waals surface area contributed by atoms with E-state index in [4.69, 9.17) is 0 Å². The molecule has 3 heteroatoms. The highest BCUT2D eigenvalue weighted by atomic mass is 16.2. The van der Waals surface area contributed by atoms with E-state index in [0.29, 0.717) is 6.04 Å². The lowest BCUT2D eigenvalue weighted by molar-refractivity contribution is -0.927. The number of nitrogens with one attached hydrogen (secondary N) is 1. The van der Waals surface area contributed by atoms with Crippen molar-refractivity contribution in [3.8, 4) is 0 Å². The highest BCUT2D eigenvalue weighted by Crippen LogP contribution is 2.29. The highest BCUT2D eigenvalue weighted by molar-refractivity contribution is 5.93. The van der Waals surface area contributed by atoms with Crippen LogP contribution in [0, 0.1) is 6.92 Å². The van der Waals surface area contributed by atoms with E-state index in [0.717, 1.165) is 10.2 Å². The van der Waals surface area contributed by atoms with Gasteiger partial charge in [0.25, 0.3) is 5.91 Å². The fourth-order valence-corrected chi connectivity index (χ4v) is 3.07. The molecule has 20 heavy (non-hydrogen) atoms. The van der Waals surface area contributed by atoms with Crippen LogP contribution in [-0.2, 0) is 4.79 Å². The van der Waals surface area contributed by atoms with Crippen LogP contribution in [0.3, 0.4) is 0 Å². The number of hydrogen-bond donors (Lipinski definition) is 1. The van der Waals surface area contributed by atoms with Crippen molar-refractivity contribution >= 4 is 11.6 Å². The molecular formula is C17H27N2O+. The Morgan fingerprint density at radius 1 is 1.20 bits per heavy atom. The summed E-state index contributed by atoms with van der Waals surface area (Å²) in [6, 6.07) is 8.58. The van der Waals surface area contributed by atoms with Crippen molar-refractivity contribution in [2.75, 3.05) is 19.4 Å². The van der Waals surface area contributed by atoms with Crippen molar-refractivity contribution in [1.29, 1.82) is 0 Å². The van der Waals surface area contributed by atoms with Gasteiger partial charge in [-0.15, -0.1) is 0 Å². The summed E-state index contributed by atoms with van der Waals surface area (Å²) in [4.78, 5) is 12.5. The Hall–Kier alpha value is -1.35. The SMILES string of the molecule is Cc1ccc(NC(=O)[C@@H](C)[N+](C)(C)C2CCCC2)cc1. The lowest BCUT2D eigenvalue weighted by Crippen LogP contribution is -2.57. The Kier molecular flexibility index (Phi) is 4.48. The fourth-order valence-electron chi connectivity index (χ4n) is 3.07. The molecule has 1 N–H and O–H groups in total. The second-order valence-electron chi connectivity index (χ2n) is 6.60. The van der Waals surface area contributed by atoms with Gasteiger partial charge in [0.15, 0.2) is 6.04 Å². The van der Waals surface area contributed by atoms with Crippen LogP contribution in [0.2, 0.25) is 0 Å². The third-order valence-electron chi connectivity index (χ3n) is 4.96. The highest BCUT2D eigenvalue weighted by Gasteiger charge is 2.39. The molecule has 1 aliphatic carbocycles. The number of anilines is 1. The molecule has 2 rings (SSSR count). The topological polar surface area (TPSA) is 29.1 Å². The largest absolute Gasteiger partial charge is 0.321 e. The first kappa shape index (κ1) is 15.0. The average Bonchev–Trinajstić information content (AvgIpc) is 2.95. The van der Waals surface area contributed by atoms with Crippen molar-refractivity contribution in [2.45, 2.75) is 51.6 Å². The zero-order valence-electron chi connectivity index (χ0n) is 13.1. The molecule has 0 radical (unpaired) electrons. The van der Waals surface area contributed by atoms with Crippen molar-refractivity contribution in [1.82, 2.24) is 0 Å². The average molecular weight is 275 g/mol. The lowest BCUT2D eigenvalue weighted by Gasteiger charge is -2.40. The second-order valence-corrected chi connectivity index (χ2v) is 6.60. The van der Waals surface area contributed by atoms with E-state index in [9.17, 15) is 4.79 Å². The summed E-state index contributed by atoms with van der Waals surface area (Å²) >= 11 is 0. The van der Waals surface area contributed by atoms with E-state index in [-0.39, 0.29) is 11.9 Å². The van der Waals surface area contributed by atoms with Gasteiger partial charge >= 0.3 is 0 Å². The summed E-state index contributed by atoms with van der Waals surface area (Å²) in [6.45, 7) is 4.09. The summed E-state index contributed by atoms with van der Waals surface area (Å²) in [6.07, 6.45) is 5.10. The number of amides is 1. The fraction of sp³-hybridized carbons (Fsp3) is 0.588. The minimum Gasteiger partial charge on any atom is -0.321 e. The van der Waals surface area contributed by atoms with Gasteiger partial charge < -0.3 is 9.80 Å².